The van der Waals surface area contributed by atoms with Crippen molar-refractivity contribution in [2.45, 2.75) is 429 Å². The number of unbranched alkanes of at least 4 members (excludes halogenated alkanes) is 2. The topological polar surface area (TPSA) is 0 Å². The van der Waals surface area contributed by atoms with E-state index in [0.29, 0.717) is 13.4 Å². The van der Waals surface area contributed by atoms with E-state index in [0.717, 1.165) is 41.9 Å². The predicted octanol–water partition coefficient (Wildman–Crippen LogP) is 27.3. The Bertz CT molecular complexity index is 1150. The molecular weight excluding hydrogens is 1060 g/mol. The maximum atomic E-state index is 3.43. The van der Waals surface area contributed by atoms with Crippen molar-refractivity contribution in [2.24, 2.45) is 35.5 Å². The third-order valence-corrected chi connectivity index (χ3v) is 20.3. The zero-order valence-corrected chi connectivity index (χ0v) is 62.1. The van der Waals surface area contributed by atoms with E-state index < -0.39 is 0 Å². The van der Waals surface area contributed by atoms with Gasteiger partial charge in [-0.2, -0.15) is 34.7 Å². The van der Waals surface area contributed by atoms with Crippen LogP contribution < -0.4 is 10.9 Å². The van der Waals surface area contributed by atoms with E-state index in [1.54, 1.807) is 77.0 Å². The maximum Gasteiger partial charge on any atom is 0.144 e. The molecule has 0 heterocycles. The molecule has 0 atom stereocenters. The van der Waals surface area contributed by atoms with Crippen molar-refractivity contribution in [3.63, 3.8) is 0 Å². The van der Waals surface area contributed by atoms with Crippen LogP contribution in [0.3, 0.4) is 0 Å². The molecule has 1 radical (unpaired) electrons. The summed E-state index contributed by atoms with van der Waals surface area (Å²) >= 11 is 0. The second-order valence-corrected chi connectivity index (χ2v) is 28.2. The molecule has 0 aromatic heterocycles. The zero-order valence-electron chi connectivity index (χ0n) is 59.2. The molecule has 0 saturated heterocycles. The summed E-state index contributed by atoms with van der Waals surface area (Å²) in [6, 6.07) is 7.98. The van der Waals surface area contributed by atoms with Gasteiger partial charge in [0, 0.05) is 32.7 Å². The Morgan fingerprint density at radius 3 is 0.683 bits per heavy atom. The standard InChI is InChI=1S/C13H21B2.3C12H22.3C6H12.C5H12.2C3H8.CH3.Y/c1-6-11-8-9-12(15(5)7-2)10-13(11)14(3)4;3*1-3-7-11(8-4-1)12-9-5-2-6-10-12;3*1-2-4-6-5-3-1;1-3-5-4-2;2*1-3-2;;/h8,10H,6-7H2,1-5H3;3*11-12H,1-10H2;3*1-6H2;3-5H2,1-2H3;2*3H2,1-2H3;1H3;/q-1;;;;;;;;;;-1;. The average Bonchev–Trinajstić information content (AvgIpc) is 3.58. The van der Waals surface area contributed by atoms with Crippen molar-refractivity contribution < 1.29 is 32.7 Å². The summed E-state index contributed by atoms with van der Waals surface area (Å²) < 4.78 is 0. The van der Waals surface area contributed by atoms with Gasteiger partial charge in [-0.15, -0.1) is 0 Å². The molecule has 0 unspecified atom stereocenters. The van der Waals surface area contributed by atoms with E-state index in [4.69, 9.17) is 0 Å². The molecule has 0 amide bonds. The first-order chi connectivity index (χ1) is 39.2. The molecule has 481 valence electrons. The Morgan fingerprint density at radius 2 is 0.537 bits per heavy atom. The van der Waals surface area contributed by atoms with Crippen molar-refractivity contribution in [3.05, 3.63) is 31.2 Å². The SMILES string of the molecule is C1CCC(C2CCCCC2)CC1.C1CCC(C2CCCCC2)CC1.C1CCC(C2CCCCC2)CC1.C1CCCCC1.C1CCCCC1.C1CCCCC1.CCB(C)c1[c-]cc(CC)c(B(C)C)c1.CCC.CCC.CCCCC.[CH3-].[Y]. The van der Waals surface area contributed by atoms with Crippen LogP contribution >= 0.6 is 0 Å². The molecule has 9 fully saturated rings. The second-order valence-electron chi connectivity index (χ2n) is 28.2. The van der Waals surface area contributed by atoms with Gasteiger partial charge in [-0.3, -0.25) is 0 Å². The Hall–Kier alpha value is 0.454. The number of hydrogen-bond acceptors (Lipinski definition) is 0. The third-order valence-electron chi connectivity index (χ3n) is 20.3. The first-order valence-electron chi connectivity index (χ1n) is 38.3. The van der Waals surface area contributed by atoms with Crippen LogP contribution in [0.25, 0.3) is 0 Å². The summed E-state index contributed by atoms with van der Waals surface area (Å²) in [5, 5.41) is 0. The van der Waals surface area contributed by atoms with Gasteiger partial charge in [0.15, 0.2) is 0 Å². The Morgan fingerprint density at radius 1 is 0.341 bits per heavy atom. The van der Waals surface area contributed by atoms with E-state index in [1.165, 1.54) is 286 Å². The average molecular weight is 1210 g/mol. The fourth-order valence-corrected chi connectivity index (χ4v) is 15.1. The van der Waals surface area contributed by atoms with Gasteiger partial charge in [0.05, 0.1) is 0 Å². The summed E-state index contributed by atoms with van der Waals surface area (Å²) in [5.74, 6) is 6.83. The first-order valence-corrected chi connectivity index (χ1v) is 38.3. The summed E-state index contributed by atoms with van der Waals surface area (Å²) in [6.45, 7) is 25.5. The Kier molecular flexibility index (Phi) is 65.0. The van der Waals surface area contributed by atoms with Crippen LogP contribution in [0, 0.1) is 49.0 Å². The van der Waals surface area contributed by atoms with Gasteiger partial charge < -0.3 is 7.43 Å². The van der Waals surface area contributed by atoms with Crippen molar-refractivity contribution in [2.75, 3.05) is 0 Å². The molecule has 1 aromatic carbocycles. The molecule has 9 saturated carbocycles. The quantitative estimate of drug-likeness (QED) is 0.171. The van der Waals surface area contributed by atoms with Crippen LogP contribution in [0.2, 0.25) is 26.8 Å². The fourth-order valence-electron chi connectivity index (χ4n) is 15.1. The molecule has 0 N–H and O–H groups in total. The number of hydrogen-bond donors (Lipinski definition) is 0. The fraction of sp³-hybridized carbons (Fsp3) is 0.911. The Labute approximate surface area is 548 Å². The molecule has 0 bridgehead atoms. The molecule has 0 nitrogen and oxygen atoms in total. The van der Waals surface area contributed by atoms with Gasteiger partial charge in [0.25, 0.3) is 0 Å². The van der Waals surface area contributed by atoms with Gasteiger partial charge >= 0.3 is 0 Å². The molecule has 0 aliphatic heterocycles. The summed E-state index contributed by atoms with van der Waals surface area (Å²) in [5.41, 5.74) is 4.34. The van der Waals surface area contributed by atoms with E-state index >= 15 is 0 Å². The van der Waals surface area contributed by atoms with E-state index in [2.05, 4.69) is 94.1 Å². The van der Waals surface area contributed by atoms with E-state index in [-0.39, 0.29) is 40.1 Å². The van der Waals surface area contributed by atoms with Crippen molar-refractivity contribution in [3.8, 4) is 0 Å². The molecule has 10 rings (SSSR count). The monoisotopic (exact) mass is 1210 g/mol. The van der Waals surface area contributed by atoms with Crippen molar-refractivity contribution in [1.82, 2.24) is 0 Å². The normalized spacial score (nSPS) is 20.8. The maximum absolute atomic E-state index is 3.43. The largest absolute Gasteiger partial charge is 0.358 e. The molecule has 1 aromatic rings. The number of aryl methyl sites for hydroxylation is 1. The van der Waals surface area contributed by atoms with Gasteiger partial charge in [0.1, 0.15) is 13.4 Å². The first kappa shape index (κ1) is 84.5. The summed E-state index contributed by atoms with van der Waals surface area (Å²) in [4.78, 5) is 0. The van der Waals surface area contributed by atoms with Crippen molar-refractivity contribution >= 4 is 24.4 Å². The van der Waals surface area contributed by atoms with Gasteiger partial charge in [-0.1, -0.05) is 429 Å². The number of rotatable bonds is 9. The molecular formula is C79H154B2Y-2. The van der Waals surface area contributed by atoms with Crippen LogP contribution in [0.1, 0.15) is 401 Å². The van der Waals surface area contributed by atoms with Gasteiger partial charge in [-0.25, -0.2) is 0 Å². The molecule has 3 heteroatoms. The minimum absolute atomic E-state index is 0. The van der Waals surface area contributed by atoms with Gasteiger partial charge in [-0.05, 0) is 35.5 Å². The minimum atomic E-state index is 0. The summed E-state index contributed by atoms with van der Waals surface area (Å²) in [7, 11) is 0. The number of benzene rings is 1. The Balaban J connectivity index is 0. The van der Waals surface area contributed by atoms with Crippen LogP contribution in [-0.4, -0.2) is 13.4 Å². The van der Waals surface area contributed by atoms with Crippen LogP contribution in [0.15, 0.2) is 12.1 Å². The second kappa shape index (κ2) is 63.0. The molecule has 9 aliphatic carbocycles. The minimum Gasteiger partial charge on any atom is -0.358 e. The van der Waals surface area contributed by atoms with Crippen LogP contribution in [-0.2, 0) is 39.1 Å². The van der Waals surface area contributed by atoms with Crippen LogP contribution in [0.4, 0.5) is 0 Å². The van der Waals surface area contributed by atoms with E-state index in [1.807, 2.05) is 0 Å². The smallest absolute Gasteiger partial charge is 0.144 e. The van der Waals surface area contributed by atoms with E-state index in [9.17, 15) is 0 Å². The zero-order chi connectivity index (χ0) is 58.4. The molecule has 82 heavy (non-hydrogen) atoms. The molecule has 0 spiro atoms. The van der Waals surface area contributed by atoms with Gasteiger partial charge in [0.2, 0.25) is 0 Å². The summed E-state index contributed by atoms with van der Waals surface area (Å²) in [6.07, 6.45) is 82.1. The third kappa shape index (κ3) is 45.7. The van der Waals surface area contributed by atoms with Crippen LogP contribution in [0.5, 0.6) is 0 Å². The molecule has 9 aliphatic rings. The van der Waals surface area contributed by atoms with Crippen molar-refractivity contribution in [1.29, 1.82) is 0 Å². The predicted molar refractivity (Wildman–Crippen MR) is 380 cm³/mol.